The van der Waals surface area contributed by atoms with Crippen LogP contribution in [0.1, 0.15) is 35.6 Å². The summed E-state index contributed by atoms with van der Waals surface area (Å²) in [4.78, 5) is 27.9. The van der Waals surface area contributed by atoms with Crippen LogP contribution in [0.2, 0.25) is 0 Å². The molecular formula is C14H16BrN3O3. The van der Waals surface area contributed by atoms with Crippen LogP contribution < -0.4 is 5.32 Å². The number of imidazole rings is 1. The van der Waals surface area contributed by atoms with Gasteiger partial charge in [0.15, 0.2) is 5.65 Å². The second-order valence-electron chi connectivity index (χ2n) is 5.49. The Kier molecular flexibility index (Phi) is 3.79. The number of fused-ring (bicyclic) bond motifs is 1. The summed E-state index contributed by atoms with van der Waals surface area (Å²) in [5, 5.41) is 11.6. The molecule has 0 aliphatic carbocycles. The Labute approximate surface area is 130 Å². The molecule has 6 nitrogen and oxygen atoms in total. The van der Waals surface area contributed by atoms with Gasteiger partial charge in [-0.2, -0.15) is 0 Å². The number of hydrogen-bond donors (Lipinski definition) is 2. The van der Waals surface area contributed by atoms with E-state index >= 15 is 0 Å². The van der Waals surface area contributed by atoms with Crippen molar-refractivity contribution in [3.05, 3.63) is 33.7 Å². The Morgan fingerprint density at radius 1 is 1.38 bits per heavy atom. The van der Waals surface area contributed by atoms with Crippen molar-refractivity contribution >= 4 is 33.5 Å². The molecule has 2 N–H and O–H groups in total. The molecule has 0 aromatic carbocycles. The first-order valence-corrected chi connectivity index (χ1v) is 7.13. The molecule has 2 heterocycles. The molecule has 7 heteroatoms. The summed E-state index contributed by atoms with van der Waals surface area (Å²) in [5.41, 5.74) is 1.10. The molecule has 0 radical (unpaired) electrons. The number of rotatable bonds is 3. The van der Waals surface area contributed by atoms with E-state index in [0.29, 0.717) is 17.0 Å². The van der Waals surface area contributed by atoms with Gasteiger partial charge in [-0.3, -0.25) is 9.20 Å². The van der Waals surface area contributed by atoms with Crippen molar-refractivity contribution in [2.45, 2.75) is 33.2 Å². The summed E-state index contributed by atoms with van der Waals surface area (Å²) in [6.07, 6.45) is 1.79. The van der Waals surface area contributed by atoms with Gasteiger partial charge in [-0.05, 0) is 55.3 Å². The zero-order valence-corrected chi connectivity index (χ0v) is 13.8. The van der Waals surface area contributed by atoms with Crippen molar-refractivity contribution in [3.63, 3.8) is 0 Å². The van der Waals surface area contributed by atoms with Gasteiger partial charge >= 0.3 is 5.97 Å². The van der Waals surface area contributed by atoms with Crippen LogP contribution in [0.4, 0.5) is 0 Å². The Hall–Kier alpha value is -1.89. The third kappa shape index (κ3) is 2.78. The molecule has 0 aliphatic rings. The smallest absolute Gasteiger partial charge is 0.328 e. The zero-order chi connectivity index (χ0) is 15.9. The van der Waals surface area contributed by atoms with Gasteiger partial charge in [-0.1, -0.05) is 0 Å². The number of carbonyl (C=O) groups excluding carboxylic acids is 1. The predicted molar refractivity (Wildman–Crippen MR) is 81.5 cm³/mol. The number of carbonyl (C=O) groups is 2. The molecule has 2 aromatic heterocycles. The summed E-state index contributed by atoms with van der Waals surface area (Å²) in [6, 6.07) is 1.91. The SMILES string of the molecule is Cc1cc(Br)c2nc(C)c(C(=O)NC(C)(C)C(=O)O)n2c1. The molecule has 0 atom stereocenters. The third-order valence-electron chi connectivity index (χ3n) is 3.16. The fourth-order valence-electron chi connectivity index (χ4n) is 2.02. The number of nitrogens with one attached hydrogen (secondary N) is 1. The first-order chi connectivity index (χ1) is 9.63. The summed E-state index contributed by atoms with van der Waals surface area (Å²) < 4.78 is 2.45. The molecule has 0 saturated carbocycles. The second-order valence-corrected chi connectivity index (χ2v) is 6.34. The minimum Gasteiger partial charge on any atom is -0.480 e. The van der Waals surface area contributed by atoms with E-state index in [4.69, 9.17) is 5.11 Å². The highest BCUT2D eigenvalue weighted by Gasteiger charge is 2.31. The minimum atomic E-state index is -1.35. The van der Waals surface area contributed by atoms with Crippen LogP contribution in [0.5, 0.6) is 0 Å². The van der Waals surface area contributed by atoms with E-state index in [9.17, 15) is 9.59 Å². The van der Waals surface area contributed by atoms with Crippen molar-refractivity contribution in [3.8, 4) is 0 Å². The van der Waals surface area contributed by atoms with Gasteiger partial charge < -0.3 is 10.4 Å². The number of aryl methyl sites for hydroxylation is 2. The highest BCUT2D eigenvalue weighted by atomic mass is 79.9. The summed E-state index contributed by atoms with van der Waals surface area (Å²) in [5.74, 6) is -1.57. The minimum absolute atomic E-state index is 0.337. The Morgan fingerprint density at radius 3 is 2.57 bits per heavy atom. The number of aliphatic carboxylic acids is 1. The monoisotopic (exact) mass is 353 g/mol. The molecule has 0 unspecified atom stereocenters. The molecule has 112 valence electrons. The lowest BCUT2D eigenvalue weighted by molar-refractivity contribution is -0.143. The van der Waals surface area contributed by atoms with Crippen molar-refractivity contribution in [2.24, 2.45) is 0 Å². The van der Waals surface area contributed by atoms with Gasteiger partial charge in [-0.25, -0.2) is 9.78 Å². The van der Waals surface area contributed by atoms with Crippen LogP contribution in [0.15, 0.2) is 16.7 Å². The van der Waals surface area contributed by atoms with Gasteiger partial charge in [0.25, 0.3) is 5.91 Å². The van der Waals surface area contributed by atoms with Crippen LogP contribution >= 0.6 is 15.9 Å². The van der Waals surface area contributed by atoms with Gasteiger partial charge in [0.2, 0.25) is 0 Å². The highest BCUT2D eigenvalue weighted by Crippen LogP contribution is 2.22. The van der Waals surface area contributed by atoms with Crippen LogP contribution in [0, 0.1) is 13.8 Å². The Bertz CT molecular complexity index is 749. The van der Waals surface area contributed by atoms with Gasteiger partial charge in [0.05, 0.1) is 10.2 Å². The Balaban J connectivity index is 2.54. The molecule has 0 aliphatic heterocycles. The lowest BCUT2D eigenvalue weighted by Gasteiger charge is -2.21. The first-order valence-electron chi connectivity index (χ1n) is 6.34. The van der Waals surface area contributed by atoms with Gasteiger partial charge in [0.1, 0.15) is 11.2 Å². The summed E-state index contributed by atoms with van der Waals surface area (Å²) in [7, 11) is 0. The number of pyridine rings is 1. The van der Waals surface area contributed by atoms with Crippen LogP contribution in [0.3, 0.4) is 0 Å². The van der Waals surface area contributed by atoms with Crippen molar-refractivity contribution < 1.29 is 14.7 Å². The molecule has 0 fully saturated rings. The maximum absolute atomic E-state index is 12.4. The summed E-state index contributed by atoms with van der Waals surface area (Å²) in [6.45, 7) is 6.50. The topological polar surface area (TPSA) is 83.7 Å². The molecule has 0 bridgehead atoms. The maximum atomic E-state index is 12.4. The van der Waals surface area contributed by atoms with E-state index in [1.165, 1.54) is 13.8 Å². The van der Waals surface area contributed by atoms with E-state index in [0.717, 1.165) is 10.0 Å². The number of amides is 1. The average Bonchev–Trinajstić information content (AvgIpc) is 2.65. The predicted octanol–water partition coefficient (Wildman–Crippen LogP) is 2.31. The van der Waals surface area contributed by atoms with Crippen molar-refractivity contribution in [1.29, 1.82) is 0 Å². The molecule has 21 heavy (non-hydrogen) atoms. The molecular weight excluding hydrogens is 338 g/mol. The molecule has 0 saturated heterocycles. The zero-order valence-electron chi connectivity index (χ0n) is 12.2. The average molecular weight is 354 g/mol. The lowest BCUT2D eigenvalue weighted by Crippen LogP contribution is -2.50. The quantitative estimate of drug-likeness (QED) is 0.886. The van der Waals surface area contributed by atoms with E-state index < -0.39 is 17.4 Å². The second kappa shape index (κ2) is 5.14. The van der Waals surface area contributed by atoms with E-state index in [2.05, 4.69) is 26.2 Å². The molecule has 0 spiro atoms. The summed E-state index contributed by atoms with van der Waals surface area (Å²) >= 11 is 3.42. The van der Waals surface area contributed by atoms with Crippen LogP contribution in [-0.4, -0.2) is 31.9 Å². The fourth-order valence-corrected chi connectivity index (χ4v) is 2.66. The van der Waals surface area contributed by atoms with E-state index in [1.54, 1.807) is 17.5 Å². The third-order valence-corrected chi connectivity index (χ3v) is 3.75. The highest BCUT2D eigenvalue weighted by molar-refractivity contribution is 9.10. The number of carboxylic acid groups (broad SMARTS) is 1. The van der Waals surface area contributed by atoms with Crippen LogP contribution in [-0.2, 0) is 4.79 Å². The van der Waals surface area contributed by atoms with E-state index in [-0.39, 0.29) is 0 Å². The fraction of sp³-hybridized carbons (Fsp3) is 0.357. The van der Waals surface area contributed by atoms with E-state index in [1.807, 2.05) is 13.0 Å². The first kappa shape index (κ1) is 15.5. The number of hydrogen-bond acceptors (Lipinski definition) is 3. The Morgan fingerprint density at radius 2 is 2.00 bits per heavy atom. The van der Waals surface area contributed by atoms with Crippen LogP contribution in [0.25, 0.3) is 5.65 Å². The molecule has 1 amide bonds. The molecule has 2 aromatic rings. The maximum Gasteiger partial charge on any atom is 0.328 e. The standard InChI is InChI=1S/C14H16BrN3O3/c1-7-5-9(15)11-16-8(2)10(18(11)6-7)12(19)17-14(3,4)13(20)21/h5-6H,1-4H3,(H,17,19)(H,20,21). The number of nitrogens with zero attached hydrogens (tertiary/aromatic N) is 2. The van der Waals surface area contributed by atoms with Crippen molar-refractivity contribution in [2.75, 3.05) is 0 Å². The normalized spacial score (nSPS) is 11.7. The molecule has 2 rings (SSSR count). The number of aromatic nitrogens is 2. The van der Waals surface area contributed by atoms with Gasteiger partial charge in [0, 0.05) is 6.20 Å². The van der Waals surface area contributed by atoms with Gasteiger partial charge in [-0.15, -0.1) is 0 Å². The van der Waals surface area contributed by atoms with Crippen molar-refractivity contribution in [1.82, 2.24) is 14.7 Å². The number of carboxylic acids is 1. The lowest BCUT2D eigenvalue weighted by atomic mass is 10.1. The largest absolute Gasteiger partial charge is 0.480 e. The number of halogens is 1.